The molecule has 6 nitrogen and oxygen atoms in total. The van der Waals surface area contributed by atoms with Gasteiger partial charge in [-0.05, 0) is 48.9 Å². The monoisotopic (exact) mass is 403 g/mol. The fourth-order valence-electron chi connectivity index (χ4n) is 2.82. The molecule has 1 aromatic carbocycles. The van der Waals surface area contributed by atoms with E-state index in [0.717, 1.165) is 24.2 Å². The molecule has 0 aliphatic rings. The quantitative estimate of drug-likeness (QED) is 0.638. The summed E-state index contributed by atoms with van der Waals surface area (Å²) >= 11 is 1.71. The predicted molar refractivity (Wildman–Crippen MR) is 113 cm³/mol. The standard InChI is InChI=1S/C21H29N3O3S/c1-4-11-22-21(26)23-20(25)15-24(16(2)13-19-6-5-12-28-19)14-17-7-9-18(27-3)10-8-17/h5-10,12,16H,4,11,13-15H2,1-3H3,(H2,22,23,25,26). The van der Waals surface area contributed by atoms with E-state index in [-0.39, 0.29) is 18.5 Å². The van der Waals surface area contributed by atoms with Crippen LogP contribution in [-0.2, 0) is 17.8 Å². The smallest absolute Gasteiger partial charge is 0.321 e. The lowest BCUT2D eigenvalue weighted by atomic mass is 10.1. The van der Waals surface area contributed by atoms with Gasteiger partial charge in [0.15, 0.2) is 0 Å². The van der Waals surface area contributed by atoms with E-state index in [9.17, 15) is 9.59 Å². The highest BCUT2D eigenvalue weighted by molar-refractivity contribution is 7.09. The van der Waals surface area contributed by atoms with Gasteiger partial charge in [-0.2, -0.15) is 0 Å². The first-order chi connectivity index (χ1) is 13.5. The Morgan fingerprint density at radius 3 is 2.57 bits per heavy atom. The summed E-state index contributed by atoms with van der Waals surface area (Å²) in [6, 6.07) is 11.7. The van der Waals surface area contributed by atoms with E-state index in [2.05, 4.69) is 33.9 Å². The highest BCUT2D eigenvalue weighted by atomic mass is 32.1. The fraction of sp³-hybridized carbons (Fsp3) is 0.429. The SMILES string of the molecule is CCCNC(=O)NC(=O)CN(Cc1ccc(OC)cc1)C(C)Cc1cccs1. The van der Waals surface area contributed by atoms with Crippen LogP contribution in [0.5, 0.6) is 5.75 Å². The molecule has 1 heterocycles. The van der Waals surface area contributed by atoms with E-state index in [0.29, 0.717) is 13.1 Å². The van der Waals surface area contributed by atoms with Crippen molar-refractivity contribution in [1.82, 2.24) is 15.5 Å². The van der Waals surface area contributed by atoms with E-state index in [1.807, 2.05) is 37.3 Å². The number of rotatable bonds is 10. The van der Waals surface area contributed by atoms with Gasteiger partial charge in [-0.3, -0.25) is 15.0 Å². The molecule has 0 aliphatic heterocycles. The minimum absolute atomic E-state index is 0.144. The maximum atomic E-state index is 12.4. The molecular formula is C21H29N3O3S. The highest BCUT2D eigenvalue weighted by Crippen LogP contribution is 2.18. The second kappa shape index (κ2) is 11.5. The van der Waals surface area contributed by atoms with E-state index in [4.69, 9.17) is 4.74 Å². The summed E-state index contributed by atoms with van der Waals surface area (Å²) in [6.45, 7) is 5.38. The zero-order chi connectivity index (χ0) is 20.4. The van der Waals surface area contributed by atoms with Crippen molar-refractivity contribution in [1.29, 1.82) is 0 Å². The number of methoxy groups -OCH3 is 1. The maximum absolute atomic E-state index is 12.4. The van der Waals surface area contributed by atoms with Crippen molar-refractivity contribution in [2.45, 2.75) is 39.3 Å². The number of benzene rings is 1. The maximum Gasteiger partial charge on any atom is 0.321 e. The Kier molecular flexibility index (Phi) is 8.97. The Labute approximate surface area is 170 Å². The Balaban J connectivity index is 2.03. The summed E-state index contributed by atoms with van der Waals surface area (Å²) in [4.78, 5) is 27.5. The fourth-order valence-corrected chi connectivity index (χ4v) is 3.64. The normalized spacial score (nSPS) is 11.9. The van der Waals surface area contributed by atoms with E-state index < -0.39 is 6.03 Å². The number of thiophene rings is 1. The zero-order valence-electron chi connectivity index (χ0n) is 16.7. The molecule has 1 unspecified atom stereocenters. The number of nitrogens with one attached hydrogen (secondary N) is 2. The minimum Gasteiger partial charge on any atom is -0.497 e. The summed E-state index contributed by atoms with van der Waals surface area (Å²) < 4.78 is 5.21. The number of nitrogens with zero attached hydrogens (tertiary/aromatic N) is 1. The average Bonchev–Trinajstić information content (AvgIpc) is 3.19. The molecule has 0 bridgehead atoms. The number of amides is 3. The molecule has 0 fully saturated rings. The predicted octanol–water partition coefficient (Wildman–Crippen LogP) is 3.43. The van der Waals surface area contributed by atoms with Gasteiger partial charge in [0, 0.05) is 24.0 Å². The van der Waals surface area contributed by atoms with Crippen LogP contribution in [-0.4, -0.2) is 43.1 Å². The van der Waals surface area contributed by atoms with E-state index >= 15 is 0 Å². The molecular weight excluding hydrogens is 374 g/mol. The average molecular weight is 404 g/mol. The van der Waals surface area contributed by atoms with Crippen LogP contribution in [0.15, 0.2) is 41.8 Å². The second-order valence-corrected chi connectivity index (χ2v) is 7.72. The molecule has 152 valence electrons. The molecule has 2 rings (SSSR count). The Morgan fingerprint density at radius 2 is 1.96 bits per heavy atom. The molecule has 0 saturated heterocycles. The van der Waals surface area contributed by atoms with E-state index in [1.165, 1.54) is 4.88 Å². The van der Waals surface area contributed by atoms with Gasteiger partial charge in [-0.25, -0.2) is 4.79 Å². The molecule has 0 saturated carbocycles. The topological polar surface area (TPSA) is 70.7 Å². The third-order valence-corrected chi connectivity index (χ3v) is 5.28. The first-order valence-corrected chi connectivity index (χ1v) is 10.4. The number of urea groups is 1. The molecule has 2 N–H and O–H groups in total. The Hall–Kier alpha value is -2.38. The largest absolute Gasteiger partial charge is 0.497 e. The molecule has 7 heteroatoms. The van der Waals surface area contributed by atoms with Gasteiger partial charge in [0.25, 0.3) is 0 Å². The number of carbonyl (C=O) groups is 2. The third-order valence-electron chi connectivity index (χ3n) is 4.38. The van der Waals surface area contributed by atoms with Gasteiger partial charge < -0.3 is 10.1 Å². The van der Waals surface area contributed by atoms with Gasteiger partial charge in [-0.1, -0.05) is 25.1 Å². The van der Waals surface area contributed by atoms with Crippen LogP contribution in [0.25, 0.3) is 0 Å². The molecule has 0 radical (unpaired) electrons. The summed E-state index contributed by atoms with van der Waals surface area (Å²) in [5.74, 6) is 0.493. The molecule has 0 spiro atoms. The first-order valence-electron chi connectivity index (χ1n) is 9.48. The van der Waals surface area contributed by atoms with Crippen LogP contribution in [0.4, 0.5) is 4.79 Å². The first kappa shape index (κ1) is 21.9. The summed E-state index contributed by atoms with van der Waals surface area (Å²) in [5.41, 5.74) is 1.09. The van der Waals surface area contributed by atoms with Crippen LogP contribution in [0.1, 0.15) is 30.7 Å². The van der Waals surface area contributed by atoms with Gasteiger partial charge in [0.05, 0.1) is 13.7 Å². The van der Waals surface area contributed by atoms with Crippen LogP contribution < -0.4 is 15.4 Å². The van der Waals surface area contributed by atoms with Crippen molar-refractivity contribution in [3.63, 3.8) is 0 Å². The number of carbonyl (C=O) groups excluding carboxylic acids is 2. The molecule has 1 aromatic heterocycles. The van der Waals surface area contributed by atoms with Gasteiger partial charge in [0.2, 0.25) is 5.91 Å². The molecule has 2 aromatic rings. The van der Waals surface area contributed by atoms with Crippen molar-refractivity contribution in [3.05, 3.63) is 52.2 Å². The van der Waals surface area contributed by atoms with Crippen LogP contribution in [0.3, 0.4) is 0 Å². The Bertz CT molecular complexity index is 732. The summed E-state index contributed by atoms with van der Waals surface area (Å²) in [7, 11) is 1.64. The molecule has 1 atom stereocenters. The lowest BCUT2D eigenvalue weighted by molar-refractivity contribution is -0.121. The summed E-state index contributed by atoms with van der Waals surface area (Å²) in [5, 5.41) is 7.13. The van der Waals surface area contributed by atoms with E-state index in [1.54, 1.807) is 18.4 Å². The number of hydrogen-bond acceptors (Lipinski definition) is 5. The van der Waals surface area contributed by atoms with Crippen LogP contribution >= 0.6 is 11.3 Å². The van der Waals surface area contributed by atoms with Crippen molar-refractivity contribution in [2.24, 2.45) is 0 Å². The lowest BCUT2D eigenvalue weighted by Gasteiger charge is -2.28. The van der Waals surface area contributed by atoms with Crippen molar-refractivity contribution >= 4 is 23.3 Å². The minimum atomic E-state index is -0.442. The highest BCUT2D eigenvalue weighted by Gasteiger charge is 2.20. The third kappa shape index (κ3) is 7.32. The van der Waals surface area contributed by atoms with Crippen LogP contribution in [0, 0.1) is 0 Å². The van der Waals surface area contributed by atoms with Crippen molar-refractivity contribution in [2.75, 3.05) is 20.2 Å². The zero-order valence-corrected chi connectivity index (χ0v) is 17.6. The number of ether oxygens (including phenoxy) is 1. The second-order valence-electron chi connectivity index (χ2n) is 6.69. The molecule has 0 aliphatic carbocycles. The molecule has 28 heavy (non-hydrogen) atoms. The number of hydrogen-bond donors (Lipinski definition) is 2. The van der Waals surface area contributed by atoms with Gasteiger partial charge in [-0.15, -0.1) is 11.3 Å². The molecule has 3 amide bonds. The van der Waals surface area contributed by atoms with Crippen LogP contribution in [0.2, 0.25) is 0 Å². The van der Waals surface area contributed by atoms with Gasteiger partial charge in [0.1, 0.15) is 5.75 Å². The Morgan fingerprint density at radius 1 is 1.21 bits per heavy atom. The van der Waals surface area contributed by atoms with Crippen molar-refractivity contribution in [3.8, 4) is 5.75 Å². The lowest BCUT2D eigenvalue weighted by Crippen LogP contribution is -2.46. The number of imide groups is 1. The van der Waals surface area contributed by atoms with Crippen molar-refractivity contribution < 1.29 is 14.3 Å². The van der Waals surface area contributed by atoms with Gasteiger partial charge >= 0.3 is 6.03 Å². The summed E-state index contributed by atoms with van der Waals surface area (Å²) in [6.07, 6.45) is 1.67.